The second-order valence-corrected chi connectivity index (χ2v) is 4.27. The molecule has 0 radical (unpaired) electrons. The highest BCUT2D eigenvalue weighted by atomic mass is 35.5. The van der Waals surface area contributed by atoms with Crippen LogP contribution in [0.1, 0.15) is 5.76 Å². The quantitative estimate of drug-likeness (QED) is 0.832. The Morgan fingerprint density at radius 2 is 2.38 bits per heavy atom. The molecule has 13 heavy (non-hydrogen) atoms. The van der Waals surface area contributed by atoms with Crippen molar-refractivity contribution < 1.29 is 4.52 Å². The number of hydrogen-bond acceptors (Lipinski definition) is 4. The second-order valence-electron chi connectivity index (χ2n) is 2.55. The molecule has 3 nitrogen and oxygen atoms in total. The van der Waals surface area contributed by atoms with Gasteiger partial charge in [-0.05, 0) is 19.1 Å². The standard InChI is InChI=1S/C8H7ClN2OS/c1-5-4-7(11-12-5)10-8-3-2-6(9)13-8/h2-4H,1H3,(H,10,11). The highest BCUT2D eigenvalue weighted by molar-refractivity contribution is 7.19. The first kappa shape index (κ1) is 8.59. The predicted molar refractivity (Wildman–Crippen MR) is 53.9 cm³/mol. The van der Waals surface area contributed by atoms with Gasteiger partial charge in [0.05, 0.1) is 9.34 Å². The Balaban J connectivity index is 2.14. The number of rotatable bonds is 2. The van der Waals surface area contributed by atoms with Crippen LogP contribution >= 0.6 is 22.9 Å². The van der Waals surface area contributed by atoms with Crippen LogP contribution < -0.4 is 5.32 Å². The van der Waals surface area contributed by atoms with Gasteiger partial charge in [0.2, 0.25) is 0 Å². The number of halogens is 1. The lowest BCUT2D eigenvalue weighted by Crippen LogP contribution is -1.85. The summed E-state index contributed by atoms with van der Waals surface area (Å²) in [6.45, 7) is 1.85. The van der Waals surface area contributed by atoms with Gasteiger partial charge in [-0.2, -0.15) is 0 Å². The molecule has 0 aliphatic heterocycles. The summed E-state index contributed by atoms with van der Waals surface area (Å²) < 4.78 is 5.66. The fourth-order valence-corrected chi connectivity index (χ4v) is 1.88. The average molecular weight is 215 g/mol. The lowest BCUT2D eigenvalue weighted by atomic mass is 10.5. The first-order chi connectivity index (χ1) is 6.24. The number of anilines is 2. The minimum absolute atomic E-state index is 0.705. The van der Waals surface area contributed by atoms with Crippen molar-refractivity contribution in [2.75, 3.05) is 5.32 Å². The van der Waals surface area contributed by atoms with Gasteiger partial charge < -0.3 is 9.84 Å². The van der Waals surface area contributed by atoms with E-state index in [0.717, 1.165) is 15.1 Å². The Labute approximate surface area is 84.3 Å². The van der Waals surface area contributed by atoms with Crippen molar-refractivity contribution in [3.05, 3.63) is 28.3 Å². The van der Waals surface area contributed by atoms with Crippen molar-refractivity contribution in [2.24, 2.45) is 0 Å². The van der Waals surface area contributed by atoms with Gasteiger partial charge in [0.25, 0.3) is 0 Å². The molecule has 68 valence electrons. The zero-order chi connectivity index (χ0) is 9.26. The van der Waals surface area contributed by atoms with Crippen LogP contribution in [0.15, 0.2) is 22.7 Å². The van der Waals surface area contributed by atoms with Crippen molar-refractivity contribution in [1.82, 2.24) is 5.16 Å². The molecule has 0 bridgehead atoms. The van der Waals surface area contributed by atoms with Crippen LogP contribution in [0.4, 0.5) is 10.8 Å². The van der Waals surface area contributed by atoms with Crippen LogP contribution in [-0.4, -0.2) is 5.16 Å². The van der Waals surface area contributed by atoms with E-state index < -0.39 is 0 Å². The van der Waals surface area contributed by atoms with Gasteiger partial charge in [-0.25, -0.2) is 0 Å². The van der Waals surface area contributed by atoms with Crippen LogP contribution in [0, 0.1) is 6.92 Å². The molecule has 0 atom stereocenters. The van der Waals surface area contributed by atoms with E-state index in [2.05, 4.69) is 10.5 Å². The third-order valence-corrected chi connectivity index (χ3v) is 2.60. The molecule has 0 amide bonds. The van der Waals surface area contributed by atoms with E-state index in [1.165, 1.54) is 11.3 Å². The lowest BCUT2D eigenvalue weighted by molar-refractivity contribution is 0.400. The molecule has 0 aliphatic rings. The van der Waals surface area contributed by atoms with Gasteiger partial charge in [-0.15, -0.1) is 11.3 Å². The molecule has 0 unspecified atom stereocenters. The molecular weight excluding hydrogens is 208 g/mol. The second kappa shape index (κ2) is 3.40. The molecule has 5 heteroatoms. The van der Waals surface area contributed by atoms with Crippen LogP contribution in [0.5, 0.6) is 0 Å². The van der Waals surface area contributed by atoms with Gasteiger partial charge >= 0.3 is 0 Å². The van der Waals surface area contributed by atoms with E-state index in [9.17, 15) is 0 Å². The monoisotopic (exact) mass is 214 g/mol. The zero-order valence-electron chi connectivity index (χ0n) is 6.87. The Morgan fingerprint density at radius 1 is 1.54 bits per heavy atom. The summed E-state index contributed by atoms with van der Waals surface area (Å²) in [5.74, 6) is 1.49. The zero-order valence-corrected chi connectivity index (χ0v) is 8.45. The molecule has 2 rings (SSSR count). The summed E-state index contributed by atoms with van der Waals surface area (Å²) in [6.07, 6.45) is 0. The molecule has 0 aliphatic carbocycles. The van der Waals surface area contributed by atoms with Crippen molar-refractivity contribution >= 4 is 33.8 Å². The molecule has 0 aromatic carbocycles. The summed E-state index contributed by atoms with van der Waals surface area (Å²) in [5, 5.41) is 7.83. The Hall–Kier alpha value is -1.00. The highest BCUT2D eigenvalue weighted by Crippen LogP contribution is 2.28. The van der Waals surface area contributed by atoms with Crippen LogP contribution in [0.2, 0.25) is 4.34 Å². The van der Waals surface area contributed by atoms with E-state index in [1.54, 1.807) is 0 Å². The molecule has 0 saturated heterocycles. The molecule has 2 aromatic heterocycles. The first-order valence-electron chi connectivity index (χ1n) is 3.70. The molecule has 1 N–H and O–H groups in total. The summed E-state index contributed by atoms with van der Waals surface area (Å²) in [4.78, 5) is 0. The summed E-state index contributed by atoms with van der Waals surface area (Å²) in [6, 6.07) is 5.56. The molecule has 0 fully saturated rings. The molecular formula is C8H7ClN2OS. The van der Waals surface area contributed by atoms with Crippen LogP contribution in [-0.2, 0) is 0 Å². The van der Waals surface area contributed by atoms with E-state index in [-0.39, 0.29) is 0 Å². The molecule has 2 heterocycles. The SMILES string of the molecule is Cc1cc(Nc2ccc(Cl)s2)no1. The van der Waals surface area contributed by atoms with Crippen molar-refractivity contribution in [3.8, 4) is 0 Å². The summed E-state index contributed by atoms with van der Waals surface area (Å²) in [7, 11) is 0. The molecule has 0 saturated carbocycles. The van der Waals surface area contributed by atoms with Gasteiger partial charge in [0.1, 0.15) is 5.76 Å². The van der Waals surface area contributed by atoms with Crippen molar-refractivity contribution in [3.63, 3.8) is 0 Å². The maximum atomic E-state index is 5.77. The van der Waals surface area contributed by atoms with E-state index in [1.807, 2.05) is 25.1 Å². The van der Waals surface area contributed by atoms with Crippen molar-refractivity contribution in [1.29, 1.82) is 0 Å². The smallest absolute Gasteiger partial charge is 0.174 e. The van der Waals surface area contributed by atoms with Crippen molar-refractivity contribution in [2.45, 2.75) is 6.92 Å². The lowest BCUT2D eigenvalue weighted by Gasteiger charge is -1.94. The predicted octanol–water partition coefficient (Wildman–Crippen LogP) is 3.44. The van der Waals surface area contributed by atoms with Gasteiger partial charge in [-0.3, -0.25) is 0 Å². The molecule has 2 aromatic rings. The maximum absolute atomic E-state index is 5.77. The topological polar surface area (TPSA) is 38.1 Å². The summed E-state index contributed by atoms with van der Waals surface area (Å²) in [5.41, 5.74) is 0. The van der Waals surface area contributed by atoms with Gasteiger partial charge in [-0.1, -0.05) is 16.8 Å². The Morgan fingerprint density at radius 3 is 2.92 bits per heavy atom. The first-order valence-corrected chi connectivity index (χ1v) is 4.89. The number of aryl methyl sites for hydroxylation is 1. The number of nitrogens with one attached hydrogen (secondary N) is 1. The van der Waals surface area contributed by atoms with Crippen LogP contribution in [0.3, 0.4) is 0 Å². The number of hydrogen-bond donors (Lipinski definition) is 1. The fraction of sp³-hybridized carbons (Fsp3) is 0.125. The highest BCUT2D eigenvalue weighted by Gasteiger charge is 2.02. The Kier molecular flexibility index (Phi) is 2.24. The summed E-state index contributed by atoms with van der Waals surface area (Å²) >= 11 is 7.23. The Bertz CT molecular complexity index is 371. The van der Waals surface area contributed by atoms with Crippen LogP contribution in [0.25, 0.3) is 0 Å². The fourth-order valence-electron chi connectivity index (χ4n) is 0.933. The minimum atomic E-state index is 0.705. The van der Waals surface area contributed by atoms with Gasteiger partial charge in [0, 0.05) is 6.07 Å². The number of nitrogens with zero attached hydrogens (tertiary/aromatic N) is 1. The third kappa shape index (κ3) is 2.02. The van der Waals surface area contributed by atoms with E-state index in [4.69, 9.17) is 16.1 Å². The van der Waals surface area contributed by atoms with Gasteiger partial charge in [0.15, 0.2) is 5.82 Å². The largest absolute Gasteiger partial charge is 0.360 e. The maximum Gasteiger partial charge on any atom is 0.174 e. The van der Waals surface area contributed by atoms with E-state index >= 15 is 0 Å². The average Bonchev–Trinajstić information content (AvgIpc) is 2.62. The number of thiophene rings is 1. The van der Waals surface area contributed by atoms with E-state index in [0.29, 0.717) is 5.82 Å². The third-order valence-electron chi connectivity index (χ3n) is 1.45. The number of aromatic nitrogens is 1. The molecule has 0 spiro atoms. The normalized spacial score (nSPS) is 10.3. The minimum Gasteiger partial charge on any atom is -0.360 e.